The molecule has 2 aliphatic heterocycles. The van der Waals surface area contributed by atoms with Crippen molar-refractivity contribution < 1.29 is 19.1 Å². The van der Waals surface area contributed by atoms with Crippen molar-refractivity contribution in [1.29, 1.82) is 5.26 Å². The summed E-state index contributed by atoms with van der Waals surface area (Å²) >= 11 is 6.14. The van der Waals surface area contributed by atoms with Crippen molar-refractivity contribution in [2.45, 2.75) is 70.2 Å². The van der Waals surface area contributed by atoms with Crippen molar-refractivity contribution in [1.82, 2.24) is 14.7 Å². The van der Waals surface area contributed by atoms with Crippen LogP contribution in [0.1, 0.15) is 62.4 Å². The van der Waals surface area contributed by atoms with Crippen molar-refractivity contribution in [3.05, 3.63) is 58.6 Å². The Morgan fingerprint density at radius 2 is 1.62 bits per heavy atom. The van der Waals surface area contributed by atoms with Crippen LogP contribution in [0.4, 0.5) is 10.5 Å². The van der Waals surface area contributed by atoms with Gasteiger partial charge in [-0.3, -0.25) is 9.69 Å². The van der Waals surface area contributed by atoms with E-state index in [1.54, 1.807) is 23.1 Å². The Kier molecular flexibility index (Phi) is 9.14. The topological polar surface area (TPSA) is 98.1 Å². The molecule has 1 saturated carbocycles. The molecule has 3 fully saturated rings. The van der Waals surface area contributed by atoms with Gasteiger partial charge in [0, 0.05) is 68.7 Å². The fourth-order valence-corrected chi connectivity index (χ4v) is 5.97. The summed E-state index contributed by atoms with van der Waals surface area (Å²) in [5.74, 6) is 0.760. The summed E-state index contributed by atoms with van der Waals surface area (Å²) < 4.78 is 11.6. The second kappa shape index (κ2) is 12.8. The second-order valence-electron chi connectivity index (χ2n) is 12.4. The van der Waals surface area contributed by atoms with Crippen molar-refractivity contribution in [2.75, 3.05) is 44.6 Å². The number of hydrogen-bond donors (Lipinski definition) is 1. The molecule has 42 heavy (non-hydrogen) atoms. The number of anilines is 1. The number of ether oxygens (including phenoxy) is 2. The van der Waals surface area contributed by atoms with Crippen LogP contribution in [0, 0.1) is 11.3 Å². The third-order valence-electron chi connectivity index (χ3n) is 8.17. The van der Waals surface area contributed by atoms with Gasteiger partial charge in [-0.05, 0) is 82.9 Å². The highest BCUT2D eigenvalue weighted by Crippen LogP contribution is 2.29. The SMILES string of the molecule is CC(C)(C)OC(=O)N1CC(N2CCN(C(=O)c3ccc(N[C@H]4CC[C@H](Oc5ccc(C#N)c(Cl)c5)CC4)cc3)CC2)C1. The number of likely N-dealkylation sites (tertiary alicyclic amines) is 1. The number of hydrogen-bond acceptors (Lipinski definition) is 7. The highest BCUT2D eigenvalue weighted by atomic mass is 35.5. The average Bonchev–Trinajstić information content (AvgIpc) is 2.93. The van der Waals surface area contributed by atoms with Crippen LogP contribution in [0.3, 0.4) is 0 Å². The number of piperazine rings is 1. The van der Waals surface area contributed by atoms with E-state index in [2.05, 4.69) is 16.3 Å². The number of amides is 2. The van der Waals surface area contributed by atoms with Crippen LogP contribution in [-0.4, -0.2) is 89.8 Å². The van der Waals surface area contributed by atoms with E-state index in [1.807, 2.05) is 49.9 Å². The van der Waals surface area contributed by atoms with Gasteiger partial charge in [-0.25, -0.2) is 4.79 Å². The molecular formula is C32H40ClN5O4. The molecule has 224 valence electrons. The van der Waals surface area contributed by atoms with Crippen LogP contribution >= 0.6 is 11.6 Å². The first-order chi connectivity index (χ1) is 20.1. The third-order valence-corrected chi connectivity index (χ3v) is 8.49. The van der Waals surface area contributed by atoms with Crippen LogP contribution in [0.2, 0.25) is 5.02 Å². The van der Waals surface area contributed by atoms with Gasteiger partial charge in [-0.1, -0.05) is 11.6 Å². The molecule has 2 amide bonds. The number of halogens is 1. The molecule has 2 aromatic carbocycles. The van der Waals surface area contributed by atoms with Crippen LogP contribution in [-0.2, 0) is 4.74 Å². The van der Waals surface area contributed by atoms with Crippen LogP contribution < -0.4 is 10.1 Å². The normalized spacial score (nSPS) is 21.7. The minimum atomic E-state index is -0.484. The molecule has 3 aliphatic rings. The summed E-state index contributed by atoms with van der Waals surface area (Å²) in [7, 11) is 0. The number of nitriles is 1. The highest BCUT2D eigenvalue weighted by Gasteiger charge is 2.38. The van der Waals surface area contributed by atoms with E-state index in [0.717, 1.165) is 44.5 Å². The van der Waals surface area contributed by atoms with E-state index in [4.69, 9.17) is 26.3 Å². The van der Waals surface area contributed by atoms with Gasteiger partial charge in [-0.15, -0.1) is 0 Å². The zero-order valence-corrected chi connectivity index (χ0v) is 25.4. The molecule has 0 atom stereocenters. The molecule has 5 rings (SSSR count). The molecule has 2 saturated heterocycles. The van der Waals surface area contributed by atoms with Crippen molar-refractivity contribution in [3.63, 3.8) is 0 Å². The number of nitrogens with zero attached hydrogens (tertiary/aromatic N) is 4. The number of benzene rings is 2. The van der Waals surface area contributed by atoms with Crippen molar-refractivity contribution in [3.8, 4) is 11.8 Å². The molecule has 0 spiro atoms. The molecule has 2 heterocycles. The summed E-state index contributed by atoms with van der Waals surface area (Å²) in [5, 5.41) is 13.1. The largest absolute Gasteiger partial charge is 0.490 e. The Labute approximate surface area is 253 Å². The minimum absolute atomic E-state index is 0.0609. The summed E-state index contributed by atoms with van der Waals surface area (Å²) in [5.41, 5.74) is 1.68. The molecule has 10 heteroatoms. The third kappa shape index (κ3) is 7.47. The van der Waals surface area contributed by atoms with E-state index in [-0.39, 0.29) is 18.1 Å². The monoisotopic (exact) mass is 593 g/mol. The van der Waals surface area contributed by atoms with Gasteiger partial charge >= 0.3 is 6.09 Å². The van der Waals surface area contributed by atoms with E-state index in [9.17, 15) is 9.59 Å². The molecule has 1 aliphatic carbocycles. The lowest BCUT2D eigenvalue weighted by atomic mass is 9.92. The quantitative estimate of drug-likeness (QED) is 0.479. The maximum Gasteiger partial charge on any atom is 0.410 e. The summed E-state index contributed by atoms with van der Waals surface area (Å²) in [4.78, 5) is 31.4. The Balaban J connectivity index is 1.02. The molecule has 0 bridgehead atoms. The van der Waals surface area contributed by atoms with Crippen molar-refractivity contribution >= 4 is 29.3 Å². The molecule has 9 nitrogen and oxygen atoms in total. The van der Waals surface area contributed by atoms with E-state index in [1.165, 1.54) is 0 Å². The van der Waals surface area contributed by atoms with Gasteiger partial charge in [0.2, 0.25) is 0 Å². The summed E-state index contributed by atoms with van der Waals surface area (Å²) in [6, 6.07) is 15.7. The predicted molar refractivity (Wildman–Crippen MR) is 162 cm³/mol. The van der Waals surface area contributed by atoms with E-state index in [0.29, 0.717) is 60.2 Å². The standard InChI is InChI=1S/C32H40ClN5O4/c1-32(2,3)42-31(40)38-20-26(21-38)36-14-16-37(17-15-36)30(39)22-4-7-24(8-5-22)35-25-9-12-27(13-10-25)41-28-11-6-23(19-34)29(33)18-28/h4-8,11,18,25-27,35H,9-10,12-17,20-21H2,1-3H3/t25-,27-. The fourth-order valence-electron chi connectivity index (χ4n) is 5.76. The Hall–Kier alpha value is -3.48. The van der Waals surface area contributed by atoms with Crippen LogP contribution in [0.25, 0.3) is 0 Å². The van der Waals surface area contributed by atoms with E-state index >= 15 is 0 Å². The number of carbonyl (C=O) groups excluding carboxylic acids is 2. The zero-order chi connectivity index (χ0) is 29.9. The van der Waals surface area contributed by atoms with E-state index < -0.39 is 5.60 Å². The van der Waals surface area contributed by atoms with Gasteiger partial charge in [0.25, 0.3) is 5.91 Å². The van der Waals surface area contributed by atoms with Gasteiger partial charge in [0.05, 0.1) is 16.7 Å². The lowest BCUT2D eigenvalue weighted by molar-refractivity contribution is -0.0231. The van der Waals surface area contributed by atoms with Crippen LogP contribution in [0.5, 0.6) is 5.75 Å². The summed E-state index contributed by atoms with van der Waals surface area (Å²) in [6.07, 6.45) is 3.69. The lowest BCUT2D eigenvalue weighted by Crippen LogP contribution is -2.64. The Bertz CT molecular complexity index is 1300. The van der Waals surface area contributed by atoms with Crippen LogP contribution in [0.15, 0.2) is 42.5 Å². The first-order valence-corrected chi connectivity index (χ1v) is 15.2. The molecule has 0 unspecified atom stereocenters. The molecular weight excluding hydrogens is 554 g/mol. The Morgan fingerprint density at radius 3 is 2.21 bits per heavy atom. The minimum Gasteiger partial charge on any atom is -0.490 e. The smallest absolute Gasteiger partial charge is 0.410 e. The molecule has 0 aromatic heterocycles. The lowest BCUT2D eigenvalue weighted by Gasteiger charge is -2.48. The number of rotatable bonds is 6. The highest BCUT2D eigenvalue weighted by molar-refractivity contribution is 6.31. The second-order valence-corrected chi connectivity index (χ2v) is 12.8. The molecule has 0 radical (unpaired) electrons. The Morgan fingerprint density at radius 1 is 0.952 bits per heavy atom. The van der Waals surface area contributed by atoms with Gasteiger partial charge < -0.3 is 24.6 Å². The number of nitrogens with one attached hydrogen (secondary N) is 1. The fraction of sp³-hybridized carbons (Fsp3) is 0.531. The first kappa shape index (κ1) is 30.0. The maximum absolute atomic E-state index is 13.2. The predicted octanol–water partition coefficient (Wildman–Crippen LogP) is 5.39. The summed E-state index contributed by atoms with van der Waals surface area (Å²) in [6.45, 7) is 9.97. The first-order valence-electron chi connectivity index (χ1n) is 14.8. The average molecular weight is 594 g/mol. The number of carbonyl (C=O) groups is 2. The maximum atomic E-state index is 13.2. The van der Waals surface area contributed by atoms with Gasteiger partial charge in [0.1, 0.15) is 17.4 Å². The molecule has 2 aromatic rings. The van der Waals surface area contributed by atoms with Gasteiger partial charge in [-0.2, -0.15) is 5.26 Å². The zero-order valence-electron chi connectivity index (χ0n) is 24.6. The van der Waals surface area contributed by atoms with Crippen molar-refractivity contribution in [2.24, 2.45) is 0 Å². The molecule has 1 N–H and O–H groups in total. The van der Waals surface area contributed by atoms with Gasteiger partial charge in [0.15, 0.2) is 0 Å².